The third-order valence-electron chi connectivity index (χ3n) is 7.08. The van der Waals surface area contributed by atoms with Gasteiger partial charge in [0, 0.05) is 44.5 Å². The zero-order valence-electron chi connectivity index (χ0n) is 20.3. The number of rotatable bonds is 5. The third-order valence-corrected chi connectivity index (χ3v) is 7.31. The molecule has 2 aromatic carbocycles. The highest BCUT2D eigenvalue weighted by molar-refractivity contribution is 6.31. The lowest BCUT2D eigenvalue weighted by atomic mass is 10.0. The van der Waals surface area contributed by atoms with E-state index in [0.717, 1.165) is 49.9 Å². The molecule has 3 heterocycles. The predicted octanol–water partition coefficient (Wildman–Crippen LogP) is 3.62. The molecular formula is C26H28ClN5O4. The van der Waals surface area contributed by atoms with Crippen LogP contribution in [-0.2, 0) is 6.54 Å². The van der Waals surface area contributed by atoms with Crippen molar-refractivity contribution >= 4 is 45.5 Å². The molecule has 0 aliphatic carbocycles. The Morgan fingerprint density at radius 1 is 0.833 bits per heavy atom. The number of imidazole rings is 2. The molecule has 0 unspecified atom stereocenters. The Kier molecular flexibility index (Phi) is 6.44. The molecule has 1 saturated heterocycles. The van der Waals surface area contributed by atoms with Crippen LogP contribution in [0.1, 0.15) is 48.7 Å². The van der Waals surface area contributed by atoms with Crippen LogP contribution < -0.4 is 11.4 Å². The quantitative estimate of drug-likeness (QED) is 0.410. The zero-order valence-corrected chi connectivity index (χ0v) is 21.1. The van der Waals surface area contributed by atoms with Crippen LogP contribution in [0.5, 0.6) is 0 Å². The summed E-state index contributed by atoms with van der Waals surface area (Å²) in [6.07, 6.45) is 2.32. The number of para-hydroxylation sites is 2. The Morgan fingerprint density at radius 3 is 2.14 bits per heavy atom. The lowest BCUT2D eigenvalue weighted by molar-refractivity contribution is 0.0927. The normalized spacial score (nSPS) is 15.2. The molecule has 1 aliphatic rings. The summed E-state index contributed by atoms with van der Waals surface area (Å²) in [6.45, 7) is 5.72. The molecule has 1 aliphatic heterocycles. The fourth-order valence-corrected chi connectivity index (χ4v) is 5.60. The van der Waals surface area contributed by atoms with Crippen molar-refractivity contribution in [3.05, 3.63) is 68.5 Å². The van der Waals surface area contributed by atoms with Crippen molar-refractivity contribution in [3.8, 4) is 0 Å². The molecule has 1 fully saturated rings. The molecule has 0 radical (unpaired) electrons. The second-order valence-electron chi connectivity index (χ2n) is 9.34. The van der Waals surface area contributed by atoms with Crippen molar-refractivity contribution < 1.29 is 9.59 Å². The summed E-state index contributed by atoms with van der Waals surface area (Å²) in [5, 5.41) is 0.481. The van der Waals surface area contributed by atoms with Gasteiger partial charge in [0.25, 0.3) is 0 Å². The molecule has 0 spiro atoms. The molecule has 0 bridgehead atoms. The average Bonchev–Trinajstić information content (AvgIpc) is 3.29. The SMILES string of the molecule is CC(=O)n1c(=O)n(CCCN2CCC(n3c(=O)n(C(C)=O)c4cc(Cl)ccc43)CC2)c2ccccc21. The molecule has 4 aromatic rings. The zero-order chi connectivity index (χ0) is 25.6. The van der Waals surface area contributed by atoms with Crippen molar-refractivity contribution in [2.75, 3.05) is 19.6 Å². The van der Waals surface area contributed by atoms with Crippen LogP contribution in [0, 0.1) is 0 Å². The molecule has 188 valence electrons. The fraction of sp³-hybridized carbons (Fsp3) is 0.385. The summed E-state index contributed by atoms with van der Waals surface area (Å²) in [5.74, 6) is -0.620. The summed E-state index contributed by atoms with van der Waals surface area (Å²) in [6, 6.07) is 12.5. The first kappa shape index (κ1) is 24.3. The number of carbonyl (C=O) groups is 2. The molecule has 0 atom stereocenters. The highest BCUT2D eigenvalue weighted by Crippen LogP contribution is 2.27. The lowest BCUT2D eigenvalue weighted by Gasteiger charge is -2.32. The molecule has 9 nitrogen and oxygen atoms in total. The molecule has 36 heavy (non-hydrogen) atoms. The molecular weight excluding hydrogens is 482 g/mol. The van der Waals surface area contributed by atoms with Gasteiger partial charge in [-0.1, -0.05) is 23.7 Å². The number of piperidine rings is 1. The van der Waals surface area contributed by atoms with Crippen LogP contribution in [-0.4, -0.2) is 54.6 Å². The number of aromatic nitrogens is 4. The van der Waals surface area contributed by atoms with Crippen molar-refractivity contribution in [2.24, 2.45) is 0 Å². The van der Waals surface area contributed by atoms with E-state index in [1.54, 1.807) is 33.4 Å². The number of fused-ring (bicyclic) bond motifs is 2. The Labute approximate surface area is 212 Å². The van der Waals surface area contributed by atoms with Crippen molar-refractivity contribution in [1.29, 1.82) is 0 Å². The number of halogens is 1. The van der Waals surface area contributed by atoms with Gasteiger partial charge in [-0.05, 0) is 56.1 Å². The minimum Gasteiger partial charge on any atom is -0.303 e. The number of carbonyl (C=O) groups excluding carboxylic acids is 2. The molecule has 0 N–H and O–H groups in total. The summed E-state index contributed by atoms with van der Waals surface area (Å²) in [4.78, 5) is 52.5. The van der Waals surface area contributed by atoms with E-state index in [1.165, 1.54) is 23.0 Å². The number of hydrogen-bond donors (Lipinski definition) is 0. The van der Waals surface area contributed by atoms with Crippen molar-refractivity contribution in [1.82, 2.24) is 23.2 Å². The second kappa shape index (κ2) is 9.55. The van der Waals surface area contributed by atoms with Crippen molar-refractivity contribution in [2.45, 2.75) is 45.7 Å². The van der Waals surface area contributed by atoms with E-state index in [-0.39, 0.29) is 29.2 Å². The number of nitrogens with zero attached hydrogens (tertiary/aromatic N) is 5. The molecule has 5 rings (SSSR count). The molecule has 2 aromatic heterocycles. The topological polar surface area (TPSA) is 91.2 Å². The first-order valence-corrected chi connectivity index (χ1v) is 12.5. The van der Waals surface area contributed by atoms with Crippen LogP contribution in [0.2, 0.25) is 5.02 Å². The van der Waals surface area contributed by atoms with Gasteiger partial charge >= 0.3 is 11.4 Å². The largest absolute Gasteiger partial charge is 0.336 e. The van der Waals surface area contributed by atoms with E-state index in [0.29, 0.717) is 22.6 Å². The average molecular weight is 510 g/mol. The first-order valence-electron chi connectivity index (χ1n) is 12.1. The lowest BCUT2D eigenvalue weighted by Crippen LogP contribution is -2.39. The fourth-order valence-electron chi connectivity index (χ4n) is 5.43. The van der Waals surface area contributed by atoms with Gasteiger partial charge in [-0.2, -0.15) is 0 Å². The highest BCUT2D eigenvalue weighted by Gasteiger charge is 2.26. The van der Waals surface area contributed by atoms with Crippen LogP contribution in [0.4, 0.5) is 0 Å². The molecule has 0 saturated carbocycles. The van der Waals surface area contributed by atoms with Gasteiger partial charge in [0.2, 0.25) is 11.8 Å². The van der Waals surface area contributed by atoms with E-state index in [1.807, 2.05) is 18.2 Å². The Balaban J connectivity index is 1.28. The van der Waals surface area contributed by atoms with Gasteiger partial charge < -0.3 is 4.90 Å². The van der Waals surface area contributed by atoms with Crippen LogP contribution >= 0.6 is 11.6 Å². The summed E-state index contributed by atoms with van der Waals surface area (Å²) in [5.41, 5.74) is 2.03. The van der Waals surface area contributed by atoms with E-state index < -0.39 is 0 Å². The van der Waals surface area contributed by atoms with Crippen LogP contribution in [0.3, 0.4) is 0 Å². The van der Waals surface area contributed by atoms with Crippen molar-refractivity contribution in [3.63, 3.8) is 0 Å². The van der Waals surface area contributed by atoms with E-state index in [4.69, 9.17) is 11.6 Å². The van der Waals surface area contributed by atoms with Gasteiger partial charge in [0.15, 0.2) is 0 Å². The van der Waals surface area contributed by atoms with Crippen LogP contribution in [0.15, 0.2) is 52.1 Å². The molecule has 0 amide bonds. The monoisotopic (exact) mass is 509 g/mol. The van der Waals surface area contributed by atoms with E-state index >= 15 is 0 Å². The number of likely N-dealkylation sites (tertiary alicyclic amines) is 1. The minimum atomic E-state index is -0.329. The molecule has 10 heteroatoms. The summed E-state index contributed by atoms with van der Waals surface area (Å²) in [7, 11) is 0. The van der Waals surface area contributed by atoms with Gasteiger partial charge in [-0.3, -0.25) is 18.7 Å². The summed E-state index contributed by atoms with van der Waals surface area (Å²) < 4.78 is 5.83. The van der Waals surface area contributed by atoms with E-state index in [2.05, 4.69) is 4.90 Å². The number of hydrogen-bond acceptors (Lipinski definition) is 5. The maximum Gasteiger partial charge on any atom is 0.336 e. The minimum absolute atomic E-state index is 0.00538. The maximum absolute atomic E-state index is 13.1. The standard InChI is InChI=1S/C26H28ClN5O4/c1-17(33)30-22-7-4-3-6-21(22)29(25(30)35)13-5-12-28-14-10-20(11-15-28)32-23-9-8-19(27)16-24(23)31(18(2)34)26(32)36/h3-4,6-9,16,20H,5,10-15H2,1-2H3. The van der Waals surface area contributed by atoms with Crippen LogP contribution in [0.25, 0.3) is 22.1 Å². The Bertz CT molecular complexity index is 1600. The van der Waals surface area contributed by atoms with E-state index in [9.17, 15) is 19.2 Å². The second-order valence-corrected chi connectivity index (χ2v) is 9.78. The maximum atomic E-state index is 13.1. The smallest absolute Gasteiger partial charge is 0.303 e. The number of aryl methyl sites for hydroxylation is 1. The predicted molar refractivity (Wildman–Crippen MR) is 139 cm³/mol. The van der Waals surface area contributed by atoms with Gasteiger partial charge in [-0.15, -0.1) is 0 Å². The highest BCUT2D eigenvalue weighted by atomic mass is 35.5. The Hall–Kier alpha value is -3.43. The summed E-state index contributed by atoms with van der Waals surface area (Å²) >= 11 is 6.13. The first-order chi connectivity index (χ1) is 17.3. The number of benzene rings is 2. The van der Waals surface area contributed by atoms with Gasteiger partial charge in [0.05, 0.1) is 22.1 Å². The third kappa shape index (κ3) is 4.12. The van der Waals surface area contributed by atoms with Gasteiger partial charge in [-0.25, -0.2) is 18.7 Å². The van der Waals surface area contributed by atoms with Gasteiger partial charge in [0.1, 0.15) is 0 Å². The Morgan fingerprint density at radius 2 is 1.47 bits per heavy atom.